The Balaban J connectivity index is 2.05. The Labute approximate surface area is 94.2 Å². The summed E-state index contributed by atoms with van der Waals surface area (Å²) in [5.41, 5.74) is 2.54. The van der Waals surface area contributed by atoms with Crippen LogP contribution in [0, 0.1) is 0 Å². The SMILES string of the molecule is O=C1C(c2ccccc2)=CN2C=CCC=C12. The summed E-state index contributed by atoms with van der Waals surface area (Å²) in [6, 6.07) is 9.78. The molecule has 0 bridgehead atoms. The molecule has 2 nitrogen and oxygen atoms in total. The van der Waals surface area contributed by atoms with Crippen molar-refractivity contribution in [3.05, 3.63) is 66.1 Å². The Kier molecular flexibility index (Phi) is 2.00. The van der Waals surface area contributed by atoms with Crippen LogP contribution in [0.2, 0.25) is 0 Å². The highest BCUT2D eigenvalue weighted by Crippen LogP contribution is 2.31. The van der Waals surface area contributed by atoms with Crippen LogP contribution in [0.25, 0.3) is 5.57 Å². The van der Waals surface area contributed by atoms with Crippen molar-refractivity contribution >= 4 is 11.4 Å². The van der Waals surface area contributed by atoms with Crippen molar-refractivity contribution in [3.63, 3.8) is 0 Å². The zero-order valence-corrected chi connectivity index (χ0v) is 8.76. The lowest BCUT2D eigenvalue weighted by Gasteiger charge is -2.14. The van der Waals surface area contributed by atoms with Gasteiger partial charge in [0.2, 0.25) is 5.78 Å². The van der Waals surface area contributed by atoms with Crippen LogP contribution in [-0.2, 0) is 4.79 Å². The second kappa shape index (κ2) is 3.49. The van der Waals surface area contributed by atoms with E-state index in [4.69, 9.17) is 0 Å². The molecule has 3 rings (SSSR count). The summed E-state index contributed by atoms with van der Waals surface area (Å²) in [5, 5.41) is 0. The molecular formula is C14H11NO. The quantitative estimate of drug-likeness (QED) is 0.708. The lowest BCUT2D eigenvalue weighted by molar-refractivity contribution is -0.110. The number of hydrogen-bond acceptors (Lipinski definition) is 2. The zero-order valence-electron chi connectivity index (χ0n) is 8.76. The second-order valence-electron chi connectivity index (χ2n) is 3.86. The summed E-state index contributed by atoms with van der Waals surface area (Å²) in [7, 11) is 0. The lowest BCUT2D eigenvalue weighted by Crippen LogP contribution is -2.11. The van der Waals surface area contributed by atoms with Gasteiger partial charge in [-0.2, -0.15) is 0 Å². The van der Waals surface area contributed by atoms with E-state index in [9.17, 15) is 4.79 Å². The number of ketones is 1. The molecular weight excluding hydrogens is 198 g/mol. The van der Waals surface area contributed by atoms with Crippen LogP contribution in [-0.4, -0.2) is 10.7 Å². The van der Waals surface area contributed by atoms with E-state index in [-0.39, 0.29) is 5.78 Å². The molecule has 0 saturated heterocycles. The van der Waals surface area contributed by atoms with Crippen LogP contribution in [0.5, 0.6) is 0 Å². The van der Waals surface area contributed by atoms with Crippen LogP contribution < -0.4 is 0 Å². The fourth-order valence-corrected chi connectivity index (χ4v) is 2.02. The fraction of sp³-hybridized carbons (Fsp3) is 0.0714. The molecule has 0 atom stereocenters. The van der Waals surface area contributed by atoms with Crippen LogP contribution in [0.3, 0.4) is 0 Å². The first-order valence-electron chi connectivity index (χ1n) is 5.33. The molecule has 2 aliphatic rings. The van der Waals surface area contributed by atoms with E-state index in [2.05, 4.69) is 0 Å². The van der Waals surface area contributed by atoms with Gasteiger partial charge >= 0.3 is 0 Å². The van der Waals surface area contributed by atoms with Gasteiger partial charge in [-0.15, -0.1) is 0 Å². The molecule has 0 spiro atoms. The summed E-state index contributed by atoms with van der Waals surface area (Å²) in [6.45, 7) is 0. The molecule has 1 aromatic rings. The first-order valence-corrected chi connectivity index (χ1v) is 5.33. The predicted molar refractivity (Wildman–Crippen MR) is 63.1 cm³/mol. The summed E-state index contributed by atoms with van der Waals surface area (Å²) in [5.74, 6) is 0.121. The maximum atomic E-state index is 12.1. The average Bonchev–Trinajstić information content (AvgIpc) is 2.69. The first-order chi connectivity index (χ1) is 7.86. The third-order valence-electron chi connectivity index (χ3n) is 2.82. The molecule has 0 unspecified atom stereocenters. The number of benzene rings is 1. The largest absolute Gasteiger partial charge is 0.320 e. The Morgan fingerprint density at radius 2 is 1.94 bits per heavy atom. The van der Waals surface area contributed by atoms with Crippen molar-refractivity contribution in [2.75, 3.05) is 0 Å². The summed E-state index contributed by atoms with van der Waals surface area (Å²) in [4.78, 5) is 14.0. The normalized spacial score (nSPS) is 18.2. The van der Waals surface area contributed by atoms with Crippen molar-refractivity contribution in [1.29, 1.82) is 0 Å². The van der Waals surface area contributed by atoms with Gasteiger partial charge in [-0.3, -0.25) is 4.79 Å². The van der Waals surface area contributed by atoms with Gasteiger partial charge in [0.15, 0.2) is 0 Å². The summed E-state index contributed by atoms with van der Waals surface area (Å²) >= 11 is 0. The van der Waals surface area contributed by atoms with Crippen LogP contribution >= 0.6 is 0 Å². The van der Waals surface area contributed by atoms with Gasteiger partial charge in [0, 0.05) is 18.0 Å². The third-order valence-corrected chi connectivity index (χ3v) is 2.82. The standard InChI is InChI=1S/C14H11NO/c16-14-12(11-6-2-1-3-7-11)10-15-9-5-4-8-13(14)15/h1-3,5-10H,4H2. The van der Waals surface area contributed by atoms with E-state index >= 15 is 0 Å². The molecule has 0 saturated carbocycles. The number of fused-ring (bicyclic) bond motifs is 1. The highest BCUT2D eigenvalue weighted by Gasteiger charge is 2.27. The van der Waals surface area contributed by atoms with Crippen LogP contribution in [0.4, 0.5) is 0 Å². The van der Waals surface area contributed by atoms with Crippen LogP contribution in [0.15, 0.2) is 60.6 Å². The molecule has 0 fully saturated rings. The molecule has 0 radical (unpaired) electrons. The van der Waals surface area contributed by atoms with E-state index in [0.29, 0.717) is 0 Å². The number of Topliss-reactive ketones (excluding diaryl/α,β-unsaturated/α-hetero) is 1. The molecule has 0 N–H and O–H groups in total. The summed E-state index contributed by atoms with van der Waals surface area (Å²) in [6.07, 6.45) is 8.70. The Bertz CT molecular complexity index is 523. The van der Waals surface area contributed by atoms with Crippen molar-refractivity contribution in [2.24, 2.45) is 0 Å². The fourth-order valence-electron chi connectivity index (χ4n) is 2.02. The van der Waals surface area contributed by atoms with E-state index in [1.165, 1.54) is 0 Å². The van der Waals surface area contributed by atoms with Crippen molar-refractivity contribution in [1.82, 2.24) is 4.90 Å². The highest BCUT2D eigenvalue weighted by molar-refractivity contribution is 6.30. The van der Waals surface area contributed by atoms with Crippen molar-refractivity contribution < 1.29 is 4.79 Å². The topological polar surface area (TPSA) is 20.3 Å². The number of hydrogen-bond donors (Lipinski definition) is 0. The number of rotatable bonds is 1. The number of carbonyl (C=O) groups is 1. The van der Waals surface area contributed by atoms with Crippen LogP contribution in [0.1, 0.15) is 12.0 Å². The lowest BCUT2D eigenvalue weighted by atomic mass is 10.0. The van der Waals surface area contributed by atoms with Gasteiger partial charge in [-0.25, -0.2) is 0 Å². The van der Waals surface area contributed by atoms with Gasteiger partial charge in [0.05, 0.1) is 5.70 Å². The number of carbonyl (C=O) groups excluding carboxylic acids is 1. The predicted octanol–water partition coefficient (Wildman–Crippen LogP) is 2.71. The zero-order chi connectivity index (χ0) is 11.0. The molecule has 0 aromatic heterocycles. The molecule has 2 aliphatic heterocycles. The van der Waals surface area contributed by atoms with Gasteiger partial charge in [-0.05, 0) is 12.0 Å². The molecule has 1 aromatic carbocycles. The smallest absolute Gasteiger partial charge is 0.211 e. The maximum absolute atomic E-state index is 12.1. The number of nitrogens with zero attached hydrogens (tertiary/aromatic N) is 1. The molecule has 78 valence electrons. The average molecular weight is 209 g/mol. The Morgan fingerprint density at radius 3 is 2.69 bits per heavy atom. The van der Waals surface area contributed by atoms with E-state index in [1.54, 1.807) is 0 Å². The number of allylic oxidation sites excluding steroid dienone is 3. The van der Waals surface area contributed by atoms with E-state index in [1.807, 2.05) is 59.8 Å². The highest BCUT2D eigenvalue weighted by atomic mass is 16.1. The first kappa shape index (κ1) is 9.16. The minimum atomic E-state index is 0.121. The molecule has 2 heterocycles. The molecule has 0 aliphatic carbocycles. The Morgan fingerprint density at radius 1 is 1.12 bits per heavy atom. The molecule has 0 amide bonds. The Hall–Kier alpha value is -2.09. The van der Waals surface area contributed by atoms with Crippen molar-refractivity contribution in [2.45, 2.75) is 6.42 Å². The van der Waals surface area contributed by atoms with E-state index in [0.717, 1.165) is 23.3 Å². The third kappa shape index (κ3) is 1.31. The molecule has 16 heavy (non-hydrogen) atoms. The van der Waals surface area contributed by atoms with Gasteiger partial charge in [0.25, 0.3) is 0 Å². The minimum absolute atomic E-state index is 0.121. The van der Waals surface area contributed by atoms with Crippen molar-refractivity contribution in [3.8, 4) is 0 Å². The minimum Gasteiger partial charge on any atom is -0.320 e. The van der Waals surface area contributed by atoms with Gasteiger partial charge < -0.3 is 4.90 Å². The van der Waals surface area contributed by atoms with Gasteiger partial charge in [-0.1, -0.05) is 42.5 Å². The molecule has 2 heteroatoms. The second-order valence-corrected chi connectivity index (χ2v) is 3.86. The maximum Gasteiger partial charge on any atom is 0.211 e. The summed E-state index contributed by atoms with van der Waals surface area (Å²) < 4.78 is 0. The van der Waals surface area contributed by atoms with Gasteiger partial charge in [0.1, 0.15) is 0 Å². The monoisotopic (exact) mass is 209 g/mol. The van der Waals surface area contributed by atoms with E-state index < -0.39 is 0 Å².